The zero-order valence-electron chi connectivity index (χ0n) is 96.0. The van der Waals surface area contributed by atoms with Crippen molar-refractivity contribution in [2.24, 2.45) is 29.6 Å². The number of likely N-dealkylation sites (tertiary alicyclic amines) is 1. The van der Waals surface area contributed by atoms with Crippen LogP contribution in [-0.4, -0.2) is 192 Å². The molecule has 8 fully saturated rings. The van der Waals surface area contributed by atoms with Crippen LogP contribution < -0.4 is 5.32 Å². The number of aliphatic hydroxyl groups excluding tert-OH is 1. The Bertz CT molecular complexity index is 5140. The average Bonchev–Trinajstić information content (AvgIpc) is 0.951. The molecule has 15 heteroatoms. The van der Waals surface area contributed by atoms with Crippen LogP contribution >= 0.6 is 0 Å². The van der Waals surface area contributed by atoms with Gasteiger partial charge in [0.1, 0.15) is 0 Å². The lowest BCUT2D eigenvalue weighted by atomic mass is 9.82. The average molecular weight is 2000 g/mol. The van der Waals surface area contributed by atoms with E-state index in [1.54, 1.807) is 6.92 Å². The van der Waals surface area contributed by atoms with Crippen molar-refractivity contribution >= 4 is 5.91 Å². The van der Waals surface area contributed by atoms with Gasteiger partial charge >= 0.3 is 6.18 Å². The number of nitrogens with one attached hydrogen (secondary N) is 1. The van der Waals surface area contributed by atoms with Crippen LogP contribution in [0.15, 0.2) is 182 Å². The maximum absolute atomic E-state index is 12.4. The number of aryl methyl sites for hydroxylation is 2. The second-order valence-corrected chi connectivity index (χ2v) is 52.0. The molecule has 145 heavy (non-hydrogen) atoms. The number of rotatable bonds is 17. The van der Waals surface area contributed by atoms with Crippen LogP contribution in [0.3, 0.4) is 0 Å². The largest absolute Gasteiger partial charge is 0.401 e. The summed E-state index contributed by atoms with van der Waals surface area (Å²) in [6.45, 7) is 83.8. The Hall–Kier alpha value is -7.38. The first-order chi connectivity index (χ1) is 67.9. The van der Waals surface area contributed by atoms with Crippen molar-refractivity contribution in [2.45, 2.75) is 358 Å². The summed E-state index contributed by atoms with van der Waals surface area (Å²) in [6, 6.07) is 68.2. The van der Waals surface area contributed by atoms with E-state index in [4.69, 9.17) is 18.9 Å². The standard InChI is InChI=1S/C18H29N.C17H25F3N2.C17H26N2O.C16H25N.C16H24O2.C16H24O.2C15H22O/c1-14(2)19-10-9-16(13-19)11-15-7-6-8-17(12-15)18(3,4)5;1-16(2,3)15-6-4-5-14(11-15)12-21-7-9-22(10-8-21)13-17(18,19)20;1-14(20)19-10-8-18(9-11-19)13-15-6-5-7-16(12-15)17(2,3)4;1-16(2,3)15-6-4-5-14(12-15)11-13-7-9-17-10-8-13;1-16(2,3)14-6-4-5-12(10-14)9-13-7-8-18-11-15(13)17;1-12-5-6-13(9-14-7-8-17-11-14)10-15(12)16(2,3)4;1-11-5-6-12(7-13-9-16-10-13)8-14(11)15(2,3)4;1-15(2,3)14-6-4-5-13(11-14)12-7-9-16-10-8-12/h6-8,12,14,16H,9-11,13H2,1-5H3;4-6,11H,7-10,12-13H2,1-3H3;5-7,12H,8-11,13H2,1-4H3;4-6,12-13,17H,7-11H2,1-3H3;4-6,10,13,15,17H,7-9,11H2,1-3H3;5-6,10,14H,7-9,11H2,1-4H3;5-6,8,13H,7,9-10H2,1-4H3;4-6,11-12H,7-10H2,1-3H3. The van der Waals surface area contributed by atoms with E-state index >= 15 is 0 Å². The Morgan fingerprint density at radius 3 is 1.10 bits per heavy atom. The van der Waals surface area contributed by atoms with E-state index in [1.807, 2.05) is 4.90 Å². The predicted octanol–water partition coefficient (Wildman–Crippen LogP) is 28.3. The number of hydrogen-bond donors (Lipinski definition) is 2. The van der Waals surface area contributed by atoms with Gasteiger partial charge < -0.3 is 39.2 Å². The molecule has 8 aliphatic rings. The van der Waals surface area contributed by atoms with Crippen LogP contribution in [0.4, 0.5) is 13.2 Å². The van der Waals surface area contributed by atoms with Gasteiger partial charge in [0.25, 0.3) is 0 Å². The number of ether oxygens (including phenoxy) is 4. The monoisotopic (exact) mass is 2000 g/mol. The fourth-order valence-corrected chi connectivity index (χ4v) is 20.7. The SMILES string of the molecule is CC(=O)N1CCN(Cc2cccc(C(C)(C)C)c2)CC1.CC(C)(C)c1cccc(C2CCOCC2)c1.CC(C)(C)c1cccc(CC2CCNCC2)c1.CC(C)(C)c1cccc(CC2CCOCC2O)c1.CC(C)(C)c1cccc(CN2CCN(CC(F)(F)F)CC2)c1.CC(C)N1CCC(Cc2cccc(C(C)(C)C)c2)C1.Cc1ccc(CC2CCOC2)cc1C(C)(C)C.Cc1ccc(CC2COC2)cc1C(C)(C)C. The molecule has 2 N–H and O–H groups in total. The summed E-state index contributed by atoms with van der Waals surface area (Å²) >= 11 is 0. The van der Waals surface area contributed by atoms with E-state index in [9.17, 15) is 23.1 Å². The highest BCUT2D eigenvalue weighted by Crippen LogP contribution is 2.37. The molecule has 4 unspecified atom stereocenters. The van der Waals surface area contributed by atoms with Gasteiger partial charge in [-0.2, -0.15) is 13.2 Å². The maximum atomic E-state index is 12.4. The third-order valence-electron chi connectivity index (χ3n) is 30.4. The van der Waals surface area contributed by atoms with Crippen LogP contribution in [-0.2, 0) is 112 Å². The fourth-order valence-electron chi connectivity index (χ4n) is 20.7. The smallest absolute Gasteiger partial charge is 0.390 e. The number of carbonyl (C=O) groups is 1. The molecule has 0 bridgehead atoms. The summed E-state index contributed by atoms with van der Waals surface area (Å²) < 4.78 is 58.5. The number of amides is 1. The van der Waals surface area contributed by atoms with Crippen LogP contribution in [0, 0.1) is 43.4 Å². The zero-order valence-corrected chi connectivity index (χ0v) is 96.0. The summed E-state index contributed by atoms with van der Waals surface area (Å²) in [5, 5.41) is 13.4. The van der Waals surface area contributed by atoms with Gasteiger partial charge in [0.2, 0.25) is 5.91 Å². The summed E-state index contributed by atoms with van der Waals surface area (Å²) in [5.41, 5.74) is 27.3. The summed E-state index contributed by atoms with van der Waals surface area (Å²) in [5.74, 6) is 4.44. The third-order valence-corrected chi connectivity index (χ3v) is 30.4. The minimum absolute atomic E-state index is 0.113. The lowest BCUT2D eigenvalue weighted by Crippen LogP contribution is -2.48. The summed E-state index contributed by atoms with van der Waals surface area (Å²) in [4.78, 5) is 22.0. The highest BCUT2D eigenvalue weighted by molar-refractivity contribution is 5.73. The molecule has 8 aromatic rings. The molecule has 0 aromatic heterocycles. The van der Waals surface area contributed by atoms with Crippen molar-refractivity contribution in [3.05, 3.63) is 282 Å². The van der Waals surface area contributed by atoms with E-state index < -0.39 is 12.7 Å². The van der Waals surface area contributed by atoms with Crippen molar-refractivity contribution in [1.29, 1.82) is 0 Å². The lowest BCUT2D eigenvalue weighted by Gasteiger charge is -2.35. The molecule has 16 rings (SSSR count). The summed E-state index contributed by atoms with van der Waals surface area (Å²) in [7, 11) is 0. The molecule has 1 amide bonds. The molecule has 0 saturated carbocycles. The number of nitrogens with zero attached hydrogens (tertiary/aromatic N) is 5. The predicted molar refractivity (Wildman–Crippen MR) is 606 cm³/mol. The minimum Gasteiger partial charge on any atom is -0.390 e. The molecule has 8 heterocycles. The van der Waals surface area contributed by atoms with Gasteiger partial charge in [-0.3, -0.25) is 19.5 Å². The molecule has 0 aliphatic carbocycles. The number of piperidine rings is 1. The van der Waals surface area contributed by atoms with E-state index in [0.717, 1.165) is 122 Å². The van der Waals surface area contributed by atoms with Gasteiger partial charge in [-0.25, -0.2) is 0 Å². The molecule has 0 radical (unpaired) electrons. The van der Waals surface area contributed by atoms with E-state index in [-0.39, 0.29) is 55.3 Å². The van der Waals surface area contributed by atoms with Gasteiger partial charge in [0.15, 0.2) is 0 Å². The first-order valence-electron chi connectivity index (χ1n) is 55.6. The zero-order chi connectivity index (χ0) is 106. The normalized spacial score (nSPS) is 19.7. The van der Waals surface area contributed by atoms with Gasteiger partial charge in [0, 0.05) is 124 Å². The van der Waals surface area contributed by atoms with Crippen molar-refractivity contribution < 1.29 is 42.0 Å². The minimum atomic E-state index is -4.09. The second-order valence-electron chi connectivity index (χ2n) is 52.0. The Morgan fingerprint density at radius 1 is 0.359 bits per heavy atom. The van der Waals surface area contributed by atoms with Crippen molar-refractivity contribution in [3.8, 4) is 0 Å². The van der Waals surface area contributed by atoms with Crippen molar-refractivity contribution in [3.63, 3.8) is 0 Å². The highest BCUT2D eigenvalue weighted by atomic mass is 19.4. The number of carbonyl (C=O) groups excluding carboxylic acids is 1. The fraction of sp³-hybridized carbons (Fsp3) is 0.623. The third kappa shape index (κ3) is 42.8. The Morgan fingerprint density at radius 2 is 0.717 bits per heavy atom. The second kappa shape index (κ2) is 55.6. The Labute approximate surface area is 880 Å². The van der Waals surface area contributed by atoms with Gasteiger partial charge in [-0.15, -0.1) is 0 Å². The molecule has 8 aromatic carbocycles. The Balaban J connectivity index is 0.000000185. The van der Waals surface area contributed by atoms with Crippen LogP contribution in [0.1, 0.15) is 338 Å². The Kier molecular flexibility index (Phi) is 46.4. The topological polar surface area (TPSA) is 102 Å². The number of piperazine rings is 2. The molecule has 804 valence electrons. The number of alkyl halides is 3. The highest BCUT2D eigenvalue weighted by Gasteiger charge is 2.35. The number of benzene rings is 8. The number of hydrogen-bond acceptors (Lipinski definition) is 11. The molecule has 4 atom stereocenters. The first kappa shape index (κ1) is 121. The van der Waals surface area contributed by atoms with E-state index in [2.05, 4.69) is 396 Å². The van der Waals surface area contributed by atoms with Crippen LogP contribution in [0.25, 0.3) is 0 Å². The first-order valence-corrected chi connectivity index (χ1v) is 55.6. The molecule has 8 saturated heterocycles. The van der Waals surface area contributed by atoms with Crippen LogP contribution in [0.5, 0.6) is 0 Å². The van der Waals surface area contributed by atoms with E-state index in [1.165, 1.54) is 195 Å². The lowest BCUT2D eigenvalue weighted by molar-refractivity contribution is -0.149. The van der Waals surface area contributed by atoms with Crippen LogP contribution in [0.2, 0.25) is 0 Å². The molecular formula is C130H197F3N6O6. The van der Waals surface area contributed by atoms with Gasteiger partial charge in [0.05, 0.1) is 32.5 Å². The van der Waals surface area contributed by atoms with Crippen molar-refractivity contribution in [2.75, 3.05) is 138 Å². The quantitative estimate of drug-likeness (QED) is 0.0911. The van der Waals surface area contributed by atoms with Crippen molar-refractivity contribution in [1.82, 2.24) is 29.8 Å². The maximum Gasteiger partial charge on any atom is 0.401 e. The molecular weight excluding hydrogens is 1800 g/mol. The molecule has 12 nitrogen and oxygen atoms in total. The molecule has 0 spiro atoms. The van der Waals surface area contributed by atoms with Gasteiger partial charge in [-0.05, 0) is 297 Å². The van der Waals surface area contributed by atoms with E-state index in [0.29, 0.717) is 50.7 Å². The number of halogens is 3. The summed E-state index contributed by atoms with van der Waals surface area (Å²) in [6.07, 6.45) is 9.94. The number of aliphatic hydroxyl groups is 1. The molecule has 8 aliphatic heterocycles. The van der Waals surface area contributed by atoms with Gasteiger partial charge in [-0.1, -0.05) is 348 Å².